The van der Waals surface area contributed by atoms with Crippen LogP contribution in [0.4, 0.5) is 30.4 Å². The van der Waals surface area contributed by atoms with Crippen LogP contribution in [-0.4, -0.2) is 63.8 Å². The van der Waals surface area contributed by atoms with Crippen molar-refractivity contribution in [2.75, 3.05) is 36.9 Å². The third kappa shape index (κ3) is 4.77. The minimum Gasteiger partial charge on any atom is -0.370 e. The molecule has 0 bridgehead atoms. The minimum atomic E-state index is -4.28. The Morgan fingerprint density at radius 2 is 2.08 bits per heavy atom. The van der Waals surface area contributed by atoms with Crippen molar-refractivity contribution >= 4 is 55.6 Å². The Labute approximate surface area is 221 Å². The molecule has 200 valence electrons. The average Bonchev–Trinajstić information content (AvgIpc) is 3.65. The molecule has 8 nitrogen and oxygen atoms in total. The molecule has 38 heavy (non-hydrogen) atoms. The number of halogens is 3. The number of carbonyl (C=O) groups is 1. The van der Waals surface area contributed by atoms with Crippen LogP contribution in [0.1, 0.15) is 36.1 Å². The number of hydrogen-bond donors (Lipinski definition) is 2. The van der Waals surface area contributed by atoms with Crippen molar-refractivity contribution in [2.24, 2.45) is 5.92 Å². The number of H-pyrrole nitrogens is 1. The summed E-state index contributed by atoms with van der Waals surface area (Å²) in [6.07, 6.45) is 2.13. The van der Waals surface area contributed by atoms with Crippen LogP contribution < -0.4 is 10.2 Å². The van der Waals surface area contributed by atoms with Crippen molar-refractivity contribution in [3.05, 3.63) is 35.1 Å². The highest BCUT2D eigenvalue weighted by Gasteiger charge is 2.33. The lowest BCUT2D eigenvalue weighted by Crippen LogP contribution is -2.37. The lowest BCUT2D eigenvalue weighted by Gasteiger charge is -2.27. The van der Waals surface area contributed by atoms with E-state index in [2.05, 4.69) is 42.5 Å². The first kappa shape index (κ1) is 24.9. The van der Waals surface area contributed by atoms with Gasteiger partial charge in [0.25, 0.3) is 0 Å². The third-order valence-corrected chi connectivity index (χ3v) is 8.72. The van der Waals surface area contributed by atoms with Gasteiger partial charge < -0.3 is 15.1 Å². The van der Waals surface area contributed by atoms with Gasteiger partial charge in [-0.25, -0.2) is 9.97 Å². The van der Waals surface area contributed by atoms with Crippen molar-refractivity contribution in [1.29, 1.82) is 0 Å². The van der Waals surface area contributed by atoms with E-state index in [9.17, 15) is 18.0 Å². The Morgan fingerprint density at radius 3 is 2.87 bits per heavy atom. The lowest BCUT2D eigenvalue weighted by atomic mass is 9.87. The zero-order valence-electron chi connectivity index (χ0n) is 20.9. The first-order valence-corrected chi connectivity index (χ1v) is 13.6. The number of thiophene rings is 1. The molecule has 2 N–H and O–H groups in total. The van der Waals surface area contributed by atoms with Gasteiger partial charge in [0.05, 0.1) is 34.9 Å². The van der Waals surface area contributed by atoms with Crippen LogP contribution in [-0.2, 0) is 17.6 Å². The highest BCUT2D eigenvalue weighted by atomic mass is 32.1. The molecule has 1 fully saturated rings. The van der Waals surface area contributed by atoms with Crippen LogP contribution in [0, 0.1) is 5.92 Å². The number of hydrogen-bond acceptors (Lipinski definition) is 7. The molecule has 0 radical (unpaired) electrons. The molecule has 1 aliphatic heterocycles. The number of aromatic amines is 1. The van der Waals surface area contributed by atoms with Crippen molar-refractivity contribution < 1.29 is 18.0 Å². The molecule has 0 saturated carbocycles. The molecule has 3 aromatic heterocycles. The number of aryl methyl sites for hydroxylation is 1. The summed E-state index contributed by atoms with van der Waals surface area (Å²) in [6, 6.07) is 4.22. The number of alkyl halides is 3. The summed E-state index contributed by atoms with van der Waals surface area (Å²) < 4.78 is 37.9. The van der Waals surface area contributed by atoms with E-state index in [-0.39, 0.29) is 18.4 Å². The van der Waals surface area contributed by atoms with Crippen LogP contribution >= 0.6 is 11.3 Å². The minimum absolute atomic E-state index is 0.231. The van der Waals surface area contributed by atoms with Crippen molar-refractivity contribution in [3.8, 4) is 0 Å². The first-order chi connectivity index (χ1) is 18.3. The molecule has 6 rings (SSSR count). The maximum Gasteiger partial charge on any atom is 0.390 e. The summed E-state index contributed by atoms with van der Waals surface area (Å²) in [5.74, 6) is 0.164. The fourth-order valence-corrected chi connectivity index (χ4v) is 6.83. The van der Waals surface area contributed by atoms with E-state index >= 15 is 0 Å². The van der Waals surface area contributed by atoms with E-state index in [1.807, 2.05) is 0 Å². The highest BCUT2D eigenvalue weighted by molar-refractivity contribution is 7.19. The predicted molar refractivity (Wildman–Crippen MR) is 142 cm³/mol. The van der Waals surface area contributed by atoms with Crippen LogP contribution in [0.2, 0.25) is 0 Å². The summed E-state index contributed by atoms with van der Waals surface area (Å²) in [7, 11) is 1.46. The molecule has 1 saturated heterocycles. The number of rotatable bonds is 6. The Kier molecular flexibility index (Phi) is 6.37. The summed E-state index contributed by atoms with van der Waals surface area (Å²) in [5.41, 5.74) is 4.16. The summed E-state index contributed by atoms with van der Waals surface area (Å²) in [5, 5.41) is 12.8. The lowest BCUT2D eigenvalue weighted by molar-refractivity contribution is -0.146. The number of anilines is 3. The molecule has 0 spiro atoms. The van der Waals surface area contributed by atoms with Crippen molar-refractivity contribution in [3.63, 3.8) is 0 Å². The first-order valence-electron chi connectivity index (χ1n) is 12.8. The Balaban J connectivity index is 1.29. The number of amides is 1. The van der Waals surface area contributed by atoms with Gasteiger partial charge in [0, 0.05) is 42.9 Å². The Bertz CT molecular complexity index is 1490. The largest absolute Gasteiger partial charge is 0.390 e. The van der Waals surface area contributed by atoms with Crippen LogP contribution in [0.3, 0.4) is 0 Å². The van der Waals surface area contributed by atoms with Gasteiger partial charge in [-0.05, 0) is 49.8 Å². The van der Waals surface area contributed by atoms with Gasteiger partial charge in [-0.2, -0.15) is 18.3 Å². The monoisotopic (exact) mass is 543 g/mol. The van der Waals surface area contributed by atoms with Crippen molar-refractivity contribution in [2.45, 2.75) is 44.7 Å². The second-order valence-electron chi connectivity index (χ2n) is 10.1. The summed E-state index contributed by atoms with van der Waals surface area (Å²) in [4.78, 5) is 27.5. The average molecular weight is 544 g/mol. The molecule has 1 atom stereocenters. The zero-order valence-corrected chi connectivity index (χ0v) is 21.8. The van der Waals surface area contributed by atoms with Crippen molar-refractivity contribution in [1.82, 2.24) is 25.1 Å². The normalized spacial score (nSPS) is 17.8. The molecule has 12 heteroatoms. The number of carbonyl (C=O) groups excluding carboxylic acids is 1. The fraction of sp³-hybridized carbons (Fsp3) is 0.462. The number of aromatic nitrogens is 4. The molecule has 1 amide bonds. The van der Waals surface area contributed by atoms with Crippen LogP contribution in [0.15, 0.2) is 24.7 Å². The molecular weight excluding hydrogens is 515 g/mol. The van der Waals surface area contributed by atoms with E-state index in [4.69, 9.17) is 0 Å². The highest BCUT2D eigenvalue weighted by Crippen LogP contribution is 2.42. The van der Waals surface area contributed by atoms with E-state index in [0.717, 1.165) is 74.7 Å². The van der Waals surface area contributed by atoms with Gasteiger partial charge in [-0.15, -0.1) is 11.3 Å². The number of nitrogens with zero attached hydrogens (tertiary/aromatic N) is 5. The van der Waals surface area contributed by atoms with E-state index < -0.39 is 12.6 Å². The number of benzene rings is 1. The summed E-state index contributed by atoms with van der Waals surface area (Å²) >= 11 is 1.54. The molecule has 4 heterocycles. The van der Waals surface area contributed by atoms with Crippen LogP contribution in [0.25, 0.3) is 21.1 Å². The van der Waals surface area contributed by atoms with Gasteiger partial charge in [0.2, 0.25) is 5.91 Å². The van der Waals surface area contributed by atoms with Gasteiger partial charge in [0.15, 0.2) is 0 Å². The molecule has 0 unspecified atom stereocenters. The quantitative estimate of drug-likeness (QED) is 0.337. The fourth-order valence-electron chi connectivity index (χ4n) is 5.56. The number of fused-ring (bicyclic) bond motifs is 4. The Morgan fingerprint density at radius 1 is 1.26 bits per heavy atom. The zero-order chi connectivity index (χ0) is 26.4. The van der Waals surface area contributed by atoms with Gasteiger partial charge in [-0.1, -0.05) is 0 Å². The maximum absolute atomic E-state index is 12.9. The molecule has 2 aliphatic rings. The van der Waals surface area contributed by atoms with Gasteiger partial charge in [-0.3, -0.25) is 9.89 Å². The molecule has 1 aliphatic carbocycles. The maximum atomic E-state index is 12.9. The van der Waals surface area contributed by atoms with Crippen LogP contribution in [0.5, 0.6) is 0 Å². The second-order valence-corrected chi connectivity index (χ2v) is 11.2. The number of nitrogens with one attached hydrogen (secondary N) is 2. The topological polar surface area (TPSA) is 90.0 Å². The predicted octanol–water partition coefficient (Wildman–Crippen LogP) is 5.43. The Hall–Kier alpha value is -3.41. The van der Waals surface area contributed by atoms with E-state index in [0.29, 0.717) is 19.3 Å². The molecular formula is C26H28F3N7OS. The second kappa shape index (κ2) is 9.72. The van der Waals surface area contributed by atoms with Gasteiger partial charge >= 0.3 is 6.18 Å². The third-order valence-electron chi connectivity index (χ3n) is 7.56. The SMILES string of the molecule is CN(CCC(F)(F)F)C(=O)[C@H]1CCc2c(sc3ncnc(Nc4cc5cn[nH]c5cc4N4CCCC4)c23)C1. The van der Waals surface area contributed by atoms with E-state index in [1.54, 1.807) is 23.9 Å². The van der Waals surface area contributed by atoms with Gasteiger partial charge in [0.1, 0.15) is 17.0 Å². The molecule has 1 aromatic carbocycles. The standard InChI is InChI=1S/C26H28F3N7OS/c1-35(9-6-26(27,28)29)25(37)15-4-5-17-21(11-15)38-24-22(17)23(30-14-31-24)33-19-10-16-13-32-34-18(16)12-20(19)36-7-2-3-8-36/h10,12-15H,2-9,11H2,1H3,(H,32,34)(H,30,31,33)/t15-/m0/s1. The van der Waals surface area contributed by atoms with E-state index in [1.165, 1.54) is 11.9 Å². The molecule has 4 aromatic rings. The smallest absolute Gasteiger partial charge is 0.370 e. The summed E-state index contributed by atoms with van der Waals surface area (Å²) in [6.45, 7) is 1.67.